The van der Waals surface area contributed by atoms with E-state index in [-0.39, 0.29) is 11.9 Å². The molecule has 4 rings (SSSR count). The standard InChI is InChI=1S/C18H23N5O2/c1-14-19-20-17(25-14)13-21-9-11-22(12-10-21)16-7-8-23(18(16)24)15-5-3-2-4-6-15/h2-6,16H,7-13H2,1H3/t16-/m0/s1. The molecular formula is C18H23N5O2. The lowest BCUT2D eigenvalue weighted by Gasteiger charge is -2.36. The lowest BCUT2D eigenvalue weighted by molar-refractivity contribution is -0.122. The number of carbonyl (C=O) groups is 1. The molecule has 0 radical (unpaired) electrons. The van der Waals surface area contributed by atoms with Crippen molar-refractivity contribution in [3.63, 3.8) is 0 Å². The third-order valence-electron chi connectivity index (χ3n) is 5.02. The SMILES string of the molecule is Cc1nnc(CN2CCN([C@H]3CCN(c4ccccc4)C3=O)CC2)o1. The van der Waals surface area contributed by atoms with E-state index in [4.69, 9.17) is 4.42 Å². The van der Waals surface area contributed by atoms with Crippen molar-refractivity contribution in [2.24, 2.45) is 0 Å². The molecule has 2 aliphatic heterocycles. The van der Waals surface area contributed by atoms with Crippen LogP contribution in [0.3, 0.4) is 0 Å². The van der Waals surface area contributed by atoms with Gasteiger partial charge < -0.3 is 9.32 Å². The van der Waals surface area contributed by atoms with Crippen LogP contribution in [-0.2, 0) is 11.3 Å². The third kappa shape index (κ3) is 3.43. The number of piperazine rings is 1. The molecule has 2 aliphatic rings. The molecule has 3 heterocycles. The molecule has 2 fully saturated rings. The molecule has 1 amide bonds. The summed E-state index contributed by atoms with van der Waals surface area (Å²) < 4.78 is 5.45. The van der Waals surface area contributed by atoms with Gasteiger partial charge in [-0.2, -0.15) is 0 Å². The van der Waals surface area contributed by atoms with Crippen LogP contribution in [0.2, 0.25) is 0 Å². The molecule has 2 saturated heterocycles. The molecule has 0 saturated carbocycles. The van der Waals surface area contributed by atoms with E-state index in [1.54, 1.807) is 6.92 Å². The van der Waals surface area contributed by atoms with Crippen molar-refractivity contribution in [1.29, 1.82) is 0 Å². The van der Waals surface area contributed by atoms with Gasteiger partial charge >= 0.3 is 0 Å². The summed E-state index contributed by atoms with van der Waals surface area (Å²) in [6.45, 7) is 6.91. The fraction of sp³-hybridized carbons (Fsp3) is 0.500. The molecule has 0 aliphatic carbocycles. The monoisotopic (exact) mass is 341 g/mol. The Kier molecular flexibility index (Phi) is 4.50. The number of aryl methyl sites for hydroxylation is 1. The van der Waals surface area contributed by atoms with Crippen LogP contribution < -0.4 is 4.90 Å². The molecule has 1 atom stereocenters. The van der Waals surface area contributed by atoms with Crippen LogP contribution in [0, 0.1) is 6.92 Å². The fourth-order valence-electron chi connectivity index (χ4n) is 3.69. The summed E-state index contributed by atoms with van der Waals surface area (Å²) in [6.07, 6.45) is 0.899. The van der Waals surface area contributed by atoms with Crippen LogP contribution >= 0.6 is 0 Å². The summed E-state index contributed by atoms with van der Waals surface area (Å²) in [5, 5.41) is 7.93. The second-order valence-corrected chi connectivity index (χ2v) is 6.66. The van der Waals surface area contributed by atoms with Crippen molar-refractivity contribution < 1.29 is 9.21 Å². The average molecular weight is 341 g/mol. The Bertz CT molecular complexity index is 724. The zero-order valence-corrected chi connectivity index (χ0v) is 14.5. The van der Waals surface area contributed by atoms with Gasteiger partial charge in [-0.15, -0.1) is 10.2 Å². The van der Waals surface area contributed by atoms with E-state index in [0.717, 1.165) is 44.8 Å². The number of amides is 1. The van der Waals surface area contributed by atoms with Crippen LogP contribution in [0.5, 0.6) is 0 Å². The number of benzene rings is 1. The minimum atomic E-state index is 0.00741. The van der Waals surface area contributed by atoms with Gasteiger partial charge in [0.1, 0.15) is 0 Å². The Hall–Kier alpha value is -2.25. The topological polar surface area (TPSA) is 65.7 Å². The summed E-state index contributed by atoms with van der Waals surface area (Å²) in [7, 11) is 0. The van der Waals surface area contributed by atoms with Crippen molar-refractivity contribution in [3.05, 3.63) is 42.1 Å². The van der Waals surface area contributed by atoms with Crippen molar-refractivity contribution in [3.8, 4) is 0 Å². The van der Waals surface area contributed by atoms with E-state index in [1.807, 2.05) is 35.2 Å². The molecular weight excluding hydrogens is 318 g/mol. The average Bonchev–Trinajstić information content (AvgIpc) is 3.22. The van der Waals surface area contributed by atoms with Gasteiger partial charge in [-0.1, -0.05) is 18.2 Å². The highest BCUT2D eigenvalue weighted by Crippen LogP contribution is 2.25. The van der Waals surface area contributed by atoms with Crippen LogP contribution in [0.15, 0.2) is 34.7 Å². The molecule has 7 nitrogen and oxygen atoms in total. The Morgan fingerprint density at radius 2 is 1.84 bits per heavy atom. The molecule has 132 valence electrons. The Balaban J connectivity index is 1.33. The van der Waals surface area contributed by atoms with E-state index in [2.05, 4.69) is 20.0 Å². The van der Waals surface area contributed by atoms with E-state index in [0.29, 0.717) is 18.3 Å². The number of hydrogen-bond acceptors (Lipinski definition) is 6. The number of nitrogens with zero attached hydrogens (tertiary/aromatic N) is 5. The minimum absolute atomic E-state index is 0.00741. The van der Waals surface area contributed by atoms with E-state index in [9.17, 15) is 4.79 Å². The minimum Gasteiger partial charge on any atom is -0.424 e. The maximum Gasteiger partial charge on any atom is 0.244 e. The maximum atomic E-state index is 12.8. The highest BCUT2D eigenvalue weighted by atomic mass is 16.4. The molecule has 1 aromatic carbocycles. The van der Waals surface area contributed by atoms with E-state index < -0.39 is 0 Å². The molecule has 7 heteroatoms. The van der Waals surface area contributed by atoms with Crippen LogP contribution in [0.4, 0.5) is 5.69 Å². The van der Waals surface area contributed by atoms with E-state index in [1.165, 1.54) is 0 Å². The molecule has 0 spiro atoms. The van der Waals surface area contributed by atoms with Crippen LogP contribution in [-0.4, -0.2) is 64.7 Å². The number of rotatable bonds is 4. The first kappa shape index (κ1) is 16.2. The van der Waals surface area contributed by atoms with Gasteiger partial charge in [0.2, 0.25) is 17.7 Å². The highest BCUT2D eigenvalue weighted by Gasteiger charge is 2.37. The predicted molar refractivity (Wildman–Crippen MR) is 93.1 cm³/mol. The molecule has 1 aromatic heterocycles. The van der Waals surface area contributed by atoms with Crippen molar-refractivity contribution in [2.45, 2.75) is 25.9 Å². The van der Waals surface area contributed by atoms with Crippen molar-refractivity contribution in [1.82, 2.24) is 20.0 Å². The second kappa shape index (κ2) is 6.93. The van der Waals surface area contributed by atoms with Gasteiger partial charge in [-0.25, -0.2) is 0 Å². The largest absolute Gasteiger partial charge is 0.424 e. The summed E-state index contributed by atoms with van der Waals surface area (Å²) in [5.41, 5.74) is 1.00. The van der Waals surface area contributed by atoms with Gasteiger partial charge in [0.05, 0.1) is 12.6 Å². The highest BCUT2D eigenvalue weighted by molar-refractivity contribution is 5.99. The van der Waals surface area contributed by atoms with Crippen molar-refractivity contribution >= 4 is 11.6 Å². The first-order chi connectivity index (χ1) is 12.2. The zero-order valence-electron chi connectivity index (χ0n) is 14.5. The molecule has 0 N–H and O–H groups in total. The van der Waals surface area contributed by atoms with Gasteiger partial charge in [0, 0.05) is 45.3 Å². The maximum absolute atomic E-state index is 12.8. The summed E-state index contributed by atoms with van der Waals surface area (Å²) in [5.74, 6) is 1.50. The fourth-order valence-corrected chi connectivity index (χ4v) is 3.69. The Morgan fingerprint density at radius 1 is 1.08 bits per heavy atom. The molecule has 0 bridgehead atoms. The number of anilines is 1. The summed E-state index contributed by atoms with van der Waals surface area (Å²) >= 11 is 0. The van der Waals surface area contributed by atoms with Crippen molar-refractivity contribution in [2.75, 3.05) is 37.6 Å². The number of hydrogen-bond donors (Lipinski definition) is 0. The van der Waals surface area contributed by atoms with Gasteiger partial charge in [-0.05, 0) is 18.6 Å². The molecule has 0 unspecified atom stereocenters. The first-order valence-electron chi connectivity index (χ1n) is 8.82. The van der Waals surface area contributed by atoms with E-state index >= 15 is 0 Å². The van der Waals surface area contributed by atoms with Gasteiger partial charge in [0.15, 0.2) is 0 Å². The van der Waals surface area contributed by atoms with Crippen LogP contribution in [0.25, 0.3) is 0 Å². The Morgan fingerprint density at radius 3 is 2.52 bits per heavy atom. The van der Waals surface area contributed by atoms with Gasteiger partial charge in [0.25, 0.3) is 0 Å². The third-order valence-corrected chi connectivity index (χ3v) is 5.02. The first-order valence-corrected chi connectivity index (χ1v) is 8.82. The molecule has 25 heavy (non-hydrogen) atoms. The normalized spacial score (nSPS) is 22.7. The predicted octanol–water partition coefficient (Wildman–Crippen LogP) is 1.30. The Labute approximate surface area is 147 Å². The molecule has 2 aromatic rings. The lowest BCUT2D eigenvalue weighted by atomic mass is 10.2. The summed E-state index contributed by atoms with van der Waals surface area (Å²) in [4.78, 5) is 19.4. The quantitative estimate of drug-likeness (QED) is 0.835. The van der Waals surface area contributed by atoms with Crippen LogP contribution in [0.1, 0.15) is 18.2 Å². The summed E-state index contributed by atoms with van der Waals surface area (Å²) in [6, 6.07) is 9.95. The zero-order chi connectivity index (χ0) is 17.2. The number of para-hydroxylation sites is 1. The lowest BCUT2D eigenvalue weighted by Crippen LogP contribution is -2.52. The second-order valence-electron chi connectivity index (χ2n) is 6.66. The number of carbonyl (C=O) groups excluding carboxylic acids is 1. The number of aromatic nitrogens is 2. The van der Waals surface area contributed by atoms with Gasteiger partial charge in [-0.3, -0.25) is 14.6 Å². The smallest absolute Gasteiger partial charge is 0.244 e.